The lowest BCUT2D eigenvalue weighted by atomic mass is 10.1. The van der Waals surface area contributed by atoms with Crippen LogP contribution in [0.3, 0.4) is 0 Å². The zero-order valence-corrected chi connectivity index (χ0v) is 12.4. The molecule has 0 saturated carbocycles. The van der Waals surface area contributed by atoms with Gasteiger partial charge < -0.3 is 20.8 Å². The third kappa shape index (κ3) is 3.13. The highest BCUT2D eigenvalue weighted by Gasteiger charge is 2.08. The first-order valence-corrected chi connectivity index (χ1v) is 6.91. The van der Waals surface area contributed by atoms with Crippen molar-refractivity contribution in [1.82, 2.24) is 4.98 Å². The predicted molar refractivity (Wildman–Crippen MR) is 90.3 cm³/mol. The first-order valence-electron chi connectivity index (χ1n) is 6.91. The van der Waals surface area contributed by atoms with E-state index in [-0.39, 0.29) is 12.0 Å². The molecule has 0 aliphatic heterocycles. The maximum Gasteiger partial charge on any atom is 0.348 e. The van der Waals surface area contributed by atoms with Crippen molar-refractivity contribution in [1.29, 1.82) is 5.41 Å². The molecule has 7 heteroatoms. The molecule has 0 unspecified atom stereocenters. The average molecular weight is 309 g/mol. The lowest BCUT2D eigenvalue weighted by molar-refractivity contribution is 0.522. The summed E-state index contributed by atoms with van der Waals surface area (Å²) in [5.74, 6) is -0.136. The zero-order chi connectivity index (χ0) is 16.4. The number of aromatic nitrogens is 1. The molecule has 1 heterocycles. The average Bonchev–Trinajstić information content (AvgIpc) is 2.48. The summed E-state index contributed by atoms with van der Waals surface area (Å²) in [6.45, 7) is 1.84. The van der Waals surface area contributed by atoms with E-state index in [9.17, 15) is 4.79 Å². The number of rotatable bonds is 3. The SMILES string of the molecule is Cc1cccc2nc(Nc3ccc(NC(=N)N)cc3)oc(=O)c12. The smallest absolute Gasteiger partial charge is 0.348 e. The van der Waals surface area contributed by atoms with Crippen molar-refractivity contribution in [2.75, 3.05) is 10.6 Å². The molecule has 0 aliphatic rings. The fraction of sp³-hybridized carbons (Fsp3) is 0.0625. The summed E-state index contributed by atoms with van der Waals surface area (Å²) in [5.41, 5.74) is 7.63. The Labute approximate surface area is 131 Å². The van der Waals surface area contributed by atoms with Crippen LogP contribution in [-0.2, 0) is 0 Å². The lowest BCUT2D eigenvalue weighted by Gasteiger charge is -2.07. The standard InChI is InChI=1S/C16H15N5O2/c1-9-3-2-4-12-13(9)14(22)23-16(21-12)20-11-7-5-10(6-8-11)19-15(17)18/h2-8H,1H3,(H,20,21)(H4,17,18,19). The van der Waals surface area contributed by atoms with Gasteiger partial charge in [-0.1, -0.05) is 12.1 Å². The summed E-state index contributed by atoms with van der Waals surface area (Å²) >= 11 is 0. The Morgan fingerprint density at radius 3 is 2.57 bits per heavy atom. The third-order valence-electron chi connectivity index (χ3n) is 3.28. The monoisotopic (exact) mass is 309 g/mol. The van der Waals surface area contributed by atoms with Crippen LogP contribution in [0.4, 0.5) is 17.4 Å². The van der Waals surface area contributed by atoms with Crippen molar-refractivity contribution < 1.29 is 4.42 Å². The number of guanidine groups is 1. The second kappa shape index (κ2) is 5.80. The number of nitrogens with zero attached hydrogens (tertiary/aromatic N) is 1. The van der Waals surface area contributed by atoms with Crippen LogP contribution in [0, 0.1) is 12.3 Å². The van der Waals surface area contributed by atoms with E-state index in [0.29, 0.717) is 22.3 Å². The second-order valence-electron chi connectivity index (χ2n) is 5.02. The van der Waals surface area contributed by atoms with Crippen LogP contribution in [0.25, 0.3) is 10.9 Å². The van der Waals surface area contributed by atoms with Crippen molar-refractivity contribution >= 4 is 34.3 Å². The fourth-order valence-electron chi connectivity index (χ4n) is 2.25. The molecule has 23 heavy (non-hydrogen) atoms. The van der Waals surface area contributed by atoms with Crippen molar-refractivity contribution in [3.8, 4) is 0 Å². The van der Waals surface area contributed by atoms with Crippen LogP contribution >= 0.6 is 0 Å². The van der Waals surface area contributed by atoms with Gasteiger partial charge in [0.1, 0.15) is 0 Å². The van der Waals surface area contributed by atoms with Gasteiger partial charge in [0.2, 0.25) is 0 Å². The topological polar surface area (TPSA) is 117 Å². The van der Waals surface area contributed by atoms with Crippen molar-refractivity contribution in [2.45, 2.75) is 6.92 Å². The summed E-state index contributed by atoms with van der Waals surface area (Å²) < 4.78 is 5.22. The highest BCUT2D eigenvalue weighted by atomic mass is 16.4. The van der Waals surface area contributed by atoms with Gasteiger partial charge in [-0.05, 0) is 42.8 Å². The molecule has 3 aromatic rings. The molecule has 116 valence electrons. The summed E-state index contributed by atoms with van der Waals surface area (Å²) in [4.78, 5) is 16.4. The molecule has 0 radical (unpaired) electrons. The van der Waals surface area contributed by atoms with E-state index >= 15 is 0 Å². The van der Waals surface area contributed by atoms with E-state index in [1.807, 2.05) is 19.1 Å². The number of nitrogens with two attached hydrogens (primary N) is 1. The number of benzene rings is 2. The summed E-state index contributed by atoms with van der Waals surface area (Å²) in [7, 11) is 0. The highest BCUT2D eigenvalue weighted by molar-refractivity contribution is 5.89. The molecule has 0 fully saturated rings. The molecule has 3 rings (SSSR count). The lowest BCUT2D eigenvalue weighted by Crippen LogP contribution is -2.20. The number of hydrogen-bond acceptors (Lipinski definition) is 5. The van der Waals surface area contributed by atoms with Crippen molar-refractivity contribution in [3.63, 3.8) is 0 Å². The quantitative estimate of drug-likeness (QED) is 0.436. The van der Waals surface area contributed by atoms with Crippen molar-refractivity contribution in [3.05, 3.63) is 58.4 Å². The Bertz CT molecular complexity index is 931. The van der Waals surface area contributed by atoms with Crippen LogP contribution in [0.5, 0.6) is 0 Å². The van der Waals surface area contributed by atoms with E-state index in [1.54, 1.807) is 30.3 Å². The number of aryl methyl sites for hydroxylation is 1. The summed E-state index contributed by atoms with van der Waals surface area (Å²) in [6.07, 6.45) is 0. The number of anilines is 3. The second-order valence-corrected chi connectivity index (χ2v) is 5.02. The molecule has 0 amide bonds. The molecular formula is C16H15N5O2. The molecule has 5 N–H and O–H groups in total. The van der Waals surface area contributed by atoms with Gasteiger partial charge in [0, 0.05) is 11.4 Å². The van der Waals surface area contributed by atoms with Gasteiger partial charge in [0.15, 0.2) is 5.96 Å². The maximum absolute atomic E-state index is 12.1. The van der Waals surface area contributed by atoms with Gasteiger partial charge in [0.25, 0.3) is 0 Å². The molecule has 1 aromatic heterocycles. The van der Waals surface area contributed by atoms with Crippen LogP contribution < -0.4 is 22.0 Å². The number of fused-ring (bicyclic) bond motifs is 1. The van der Waals surface area contributed by atoms with Crippen molar-refractivity contribution in [2.24, 2.45) is 5.73 Å². The minimum absolute atomic E-state index is 0.125. The Morgan fingerprint density at radius 1 is 1.17 bits per heavy atom. The van der Waals surface area contributed by atoms with Crippen LogP contribution in [0.2, 0.25) is 0 Å². The van der Waals surface area contributed by atoms with Gasteiger partial charge in [0.05, 0.1) is 10.9 Å². The number of nitrogens with one attached hydrogen (secondary N) is 3. The minimum atomic E-state index is -0.425. The van der Waals surface area contributed by atoms with E-state index in [0.717, 1.165) is 5.56 Å². The van der Waals surface area contributed by atoms with Crippen LogP contribution in [0.15, 0.2) is 51.7 Å². The van der Waals surface area contributed by atoms with E-state index in [2.05, 4.69) is 15.6 Å². The Balaban J connectivity index is 1.90. The largest absolute Gasteiger partial charge is 0.388 e. The zero-order valence-electron chi connectivity index (χ0n) is 12.4. The first-order chi connectivity index (χ1) is 11.0. The van der Waals surface area contributed by atoms with Gasteiger partial charge in [-0.15, -0.1) is 0 Å². The van der Waals surface area contributed by atoms with Crippen LogP contribution in [0.1, 0.15) is 5.56 Å². The van der Waals surface area contributed by atoms with Gasteiger partial charge >= 0.3 is 11.6 Å². The molecule has 2 aromatic carbocycles. The molecular weight excluding hydrogens is 294 g/mol. The normalized spacial score (nSPS) is 10.5. The summed E-state index contributed by atoms with van der Waals surface area (Å²) in [5, 5.41) is 13.3. The third-order valence-corrected chi connectivity index (χ3v) is 3.28. The van der Waals surface area contributed by atoms with E-state index in [4.69, 9.17) is 15.6 Å². The predicted octanol–water partition coefficient (Wildman–Crippen LogP) is 2.55. The molecule has 0 bridgehead atoms. The van der Waals surface area contributed by atoms with Gasteiger partial charge in [-0.3, -0.25) is 5.41 Å². The number of hydrogen-bond donors (Lipinski definition) is 4. The first kappa shape index (κ1) is 14.6. The Morgan fingerprint density at radius 2 is 1.87 bits per heavy atom. The molecule has 7 nitrogen and oxygen atoms in total. The molecule has 0 saturated heterocycles. The highest BCUT2D eigenvalue weighted by Crippen LogP contribution is 2.19. The minimum Gasteiger partial charge on any atom is -0.388 e. The molecule has 0 spiro atoms. The Kier molecular flexibility index (Phi) is 3.68. The molecule has 0 atom stereocenters. The molecule has 0 aliphatic carbocycles. The van der Waals surface area contributed by atoms with Crippen LogP contribution in [-0.4, -0.2) is 10.9 Å². The Hall–Kier alpha value is -3.35. The van der Waals surface area contributed by atoms with Gasteiger partial charge in [-0.25, -0.2) is 4.79 Å². The summed E-state index contributed by atoms with van der Waals surface area (Å²) in [6, 6.07) is 12.6. The van der Waals surface area contributed by atoms with E-state index < -0.39 is 5.63 Å². The maximum atomic E-state index is 12.1. The van der Waals surface area contributed by atoms with E-state index in [1.165, 1.54) is 0 Å². The van der Waals surface area contributed by atoms with Gasteiger partial charge in [-0.2, -0.15) is 4.98 Å². The fourth-order valence-corrected chi connectivity index (χ4v) is 2.25.